The van der Waals surface area contributed by atoms with Crippen molar-refractivity contribution < 1.29 is 13.2 Å². The first-order valence-electron chi connectivity index (χ1n) is 9.53. The van der Waals surface area contributed by atoms with Gasteiger partial charge in [-0.1, -0.05) is 23.8 Å². The zero-order valence-electron chi connectivity index (χ0n) is 15.4. The summed E-state index contributed by atoms with van der Waals surface area (Å²) in [6, 6.07) is 9.74. The van der Waals surface area contributed by atoms with Crippen LogP contribution in [0.5, 0.6) is 0 Å². The normalized spacial score (nSPS) is 22.3. The molecule has 144 valence electrons. The van der Waals surface area contributed by atoms with Crippen LogP contribution in [0.2, 0.25) is 0 Å². The lowest BCUT2D eigenvalue weighted by atomic mass is 9.90. The molecule has 0 saturated carbocycles. The van der Waals surface area contributed by atoms with E-state index in [-0.39, 0.29) is 0 Å². The molecule has 2 unspecified atom stereocenters. The molecule has 1 aromatic heterocycles. The van der Waals surface area contributed by atoms with E-state index in [2.05, 4.69) is 40.3 Å². The van der Waals surface area contributed by atoms with Crippen LogP contribution in [0.3, 0.4) is 0 Å². The van der Waals surface area contributed by atoms with Gasteiger partial charge in [-0.25, -0.2) is 0 Å². The molecule has 1 fully saturated rings. The van der Waals surface area contributed by atoms with Crippen molar-refractivity contribution in [2.75, 3.05) is 24.5 Å². The number of nitrogens with zero attached hydrogens (tertiary/aromatic N) is 2. The summed E-state index contributed by atoms with van der Waals surface area (Å²) < 4.78 is 38.1. The first-order chi connectivity index (χ1) is 12.9. The van der Waals surface area contributed by atoms with E-state index >= 15 is 0 Å². The summed E-state index contributed by atoms with van der Waals surface area (Å²) in [5.74, 6) is 0.528. The van der Waals surface area contributed by atoms with Gasteiger partial charge in [-0.05, 0) is 62.5 Å². The molecule has 3 nitrogen and oxygen atoms in total. The fraction of sp³-hybridized carbons (Fsp3) is 0.476. The van der Waals surface area contributed by atoms with Gasteiger partial charge < -0.3 is 10.2 Å². The average molecular weight is 375 g/mol. The van der Waals surface area contributed by atoms with Crippen LogP contribution in [0, 0.1) is 6.92 Å². The summed E-state index contributed by atoms with van der Waals surface area (Å²) in [5.41, 5.74) is 4.00. The Morgan fingerprint density at radius 3 is 2.70 bits per heavy atom. The second kappa shape index (κ2) is 7.15. The van der Waals surface area contributed by atoms with Crippen molar-refractivity contribution in [3.8, 4) is 0 Å². The van der Waals surface area contributed by atoms with Gasteiger partial charge in [0.25, 0.3) is 0 Å². The number of pyridine rings is 1. The zero-order valence-corrected chi connectivity index (χ0v) is 15.4. The van der Waals surface area contributed by atoms with E-state index in [1.54, 1.807) is 6.07 Å². The highest BCUT2D eigenvalue weighted by Crippen LogP contribution is 2.45. The predicted octanol–water partition coefficient (Wildman–Crippen LogP) is 4.31. The van der Waals surface area contributed by atoms with Gasteiger partial charge in [-0.2, -0.15) is 13.2 Å². The Hall–Kier alpha value is -2.08. The van der Waals surface area contributed by atoms with Gasteiger partial charge in [-0.15, -0.1) is 0 Å². The molecule has 0 amide bonds. The van der Waals surface area contributed by atoms with E-state index in [1.807, 2.05) is 0 Å². The maximum absolute atomic E-state index is 12.7. The summed E-state index contributed by atoms with van der Waals surface area (Å²) in [4.78, 5) is 6.06. The number of aryl methyl sites for hydroxylation is 1. The Kier molecular flexibility index (Phi) is 4.84. The number of alkyl halides is 3. The molecule has 0 spiro atoms. The van der Waals surface area contributed by atoms with Gasteiger partial charge in [0.05, 0.1) is 0 Å². The van der Waals surface area contributed by atoms with Crippen LogP contribution in [0.15, 0.2) is 36.5 Å². The second-order valence-electron chi connectivity index (χ2n) is 7.56. The van der Waals surface area contributed by atoms with E-state index in [9.17, 15) is 13.2 Å². The molecule has 0 bridgehead atoms. The van der Waals surface area contributed by atoms with Crippen molar-refractivity contribution in [3.05, 3.63) is 58.9 Å². The molecule has 2 aliphatic rings. The number of benzene rings is 1. The molecule has 2 aliphatic heterocycles. The van der Waals surface area contributed by atoms with Gasteiger partial charge in [0.2, 0.25) is 0 Å². The summed E-state index contributed by atoms with van der Waals surface area (Å²) in [7, 11) is 0. The minimum atomic E-state index is -4.38. The number of aromatic nitrogens is 1. The van der Waals surface area contributed by atoms with Crippen molar-refractivity contribution in [1.29, 1.82) is 0 Å². The Labute approximate surface area is 157 Å². The standard InChI is InChI=1S/C21H24F3N3/c1-14-2-4-18-17(12-14)16-6-9-25-10-7-19(16)27(18)11-8-15-3-5-20(26-13-15)21(22,23)24/h2-5,12-13,16,19,25H,6-11H2,1H3. The highest BCUT2D eigenvalue weighted by atomic mass is 19.4. The lowest BCUT2D eigenvalue weighted by Crippen LogP contribution is -2.36. The first kappa shape index (κ1) is 18.3. The number of hydrogen-bond donors (Lipinski definition) is 1. The minimum Gasteiger partial charge on any atom is -0.367 e. The van der Waals surface area contributed by atoms with Gasteiger partial charge in [0.1, 0.15) is 5.69 Å². The van der Waals surface area contributed by atoms with E-state index < -0.39 is 11.9 Å². The fourth-order valence-corrected chi connectivity index (χ4v) is 4.45. The summed E-state index contributed by atoms with van der Waals surface area (Å²) in [5, 5.41) is 3.49. The number of hydrogen-bond acceptors (Lipinski definition) is 3. The Morgan fingerprint density at radius 1 is 1.15 bits per heavy atom. The Bertz CT molecular complexity index is 801. The molecular weight excluding hydrogens is 351 g/mol. The fourth-order valence-electron chi connectivity index (χ4n) is 4.45. The largest absolute Gasteiger partial charge is 0.433 e. The average Bonchev–Trinajstić information content (AvgIpc) is 2.78. The third kappa shape index (κ3) is 3.68. The molecule has 3 heterocycles. The molecule has 27 heavy (non-hydrogen) atoms. The van der Waals surface area contributed by atoms with Gasteiger partial charge in [0.15, 0.2) is 0 Å². The maximum Gasteiger partial charge on any atom is 0.433 e. The molecule has 2 aromatic rings. The molecule has 4 rings (SSSR count). The Morgan fingerprint density at radius 2 is 1.96 bits per heavy atom. The number of anilines is 1. The third-order valence-corrected chi connectivity index (χ3v) is 5.76. The van der Waals surface area contributed by atoms with Crippen LogP contribution in [0.25, 0.3) is 0 Å². The molecule has 0 aliphatic carbocycles. The lowest BCUT2D eigenvalue weighted by molar-refractivity contribution is -0.141. The van der Waals surface area contributed by atoms with Crippen LogP contribution < -0.4 is 10.2 Å². The molecule has 2 atom stereocenters. The third-order valence-electron chi connectivity index (χ3n) is 5.76. The molecular formula is C21H24F3N3. The van der Waals surface area contributed by atoms with Crippen LogP contribution >= 0.6 is 0 Å². The van der Waals surface area contributed by atoms with Crippen LogP contribution in [0.4, 0.5) is 18.9 Å². The smallest absolute Gasteiger partial charge is 0.367 e. The highest BCUT2D eigenvalue weighted by Gasteiger charge is 2.38. The maximum atomic E-state index is 12.7. The van der Waals surface area contributed by atoms with Gasteiger partial charge in [0, 0.05) is 30.4 Å². The van der Waals surface area contributed by atoms with Crippen LogP contribution in [-0.2, 0) is 12.6 Å². The highest BCUT2D eigenvalue weighted by molar-refractivity contribution is 5.63. The van der Waals surface area contributed by atoms with E-state index in [1.165, 1.54) is 23.0 Å². The van der Waals surface area contributed by atoms with E-state index in [0.717, 1.165) is 44.1 Å². The molecule has 1 aromatic carbocycles. The number of fused-ring (bicyclic) bond motifs is 3. The Balaban J connectivity index is 1.54. The van der Waals surface area contributed by atoms with Crippen molar-refractivity contribution in [3.63, 3.8) is 0 Å². The number of halogens is 3. The van der Waals surface area contributed by atoms with Gasteiger partial charge in [-0.3, -0.25) is 4.98 Å². The topological polar surface area (TPSA) is 28.2 Å². The molecule has 0 radical (unpaired) electrons. The van der Waals surface area contributed by atoms with Crippen molar-refractivity contribution in [1.82, 2.24) is 10.3 Å². The van der Waals surface area contributed by atoms with E-state index in [4.69, 9.17) is 0 Å². The van der Waals surface area contributed by atoms with Gasteiger partial charge >= 0.3 is 6.18 Å². The monoisotopic (exact) mass is 375 g/mol. The van der Waals surface area contributed by atoms with Crippen molar-refractivity contribution in [2.24, 2.45) is 0 Å². The number of nitrogens with one attached hydrogen (secondary N) is 1. The number of rotatable bonds is 3. The molecule has 1 N–H and O–H groups in total. The van der Waals surface area contributed by atoms with E-state index in [0.29, 0.717) is 18.4 Å². The van der Waals surface area contributed by atoms with Crippen molar-refractivity contribution >= 4 is 5.69 Å². The van der Waals surface area contributed by atoms with Crippen LogP contribution in [0.1, 0.15) is 41.1 Å². The van der Waals surface area contributed by atoms with Crippen LogP contribution in [-0.4, -0.2) is 30.7 Å². The summed E-state index contributed by atoms with van der Waals surface area (Å²) in [6.45, 7) is 4.96. The minimum absolute atomic E-state index is 0.458. The quantitative estimate of drug-likeness (QED) is 0.867. The first-order valence-corrected chi connectivity index (χ1v) is 9.53. The summed E-state index contributed by atoms with van der Waals surface area (Å²) in [6.07, 6.45) is -0.121. The molecule has 6 heteroatoms. The molecule has 1 saturated heterocycles. The second-order valence-corrected chi connectivity index (χ2v) is 7.56. The SMILES string of the molecule is Cc1ccc2c(c1)C1CCNCCC1N2CCc1ccc(C(F)(F)F)nc1. The lowest BCUT2D eigenvalue weighted by Gasteiger charge is -2.29. The zero-order chi connectivity index (χ0) is 19.0. The summed E-state index contributed by atoms with van der Waals surface area (Å²) >= 11 is 0. The van der Waals surface area contributed by atoms with Crippen molar-refractivity contribution in [2.45, 2.75) is 44.3 Å². The predicted molar refractivity (Wildman–Crippen MR) is 100 cm³/mol.